The van der Waals surface area contributed by atoms with Crippen LogP contribution in [-0.4, -0.2) is 118 Å². The lowest BCUT2D eigenvalue weighted by Gasteiger charge is -2.44. The molecule has 1 saturated carbocycles. The molecule has 1 aliphatic carbocycles. The summed E-state index contributed by atoms with van der Waals surface area (Å²) in [6, 6.07) is 11.3. The highest BCUT2D eigenvalue weighted by molar-refractivity contribution is 7.76. The Labute approximate surface area is 365 Å². The van der Waals surface area contributed by atoms with Crippen LogP contribution in [0.4, 0.5) is 5.69 Å². The first kappa shape index (κ1) is 46.5. The second-order valence-electron chi connectivity index (χ2n) is 15.6. The van der Waals surface area contributed by atoms with Gasteiger partial charge in [-0.15, -0.1) is 5.10 Å². The first-order chi connectivity index (χ1) is 29.6. The van der Waals surface area contributed by atoms with Crippen molar-refractivity contribution in [2.24, 2.45) is 29.2 Å². The Balaban J connectivity index is 1.38. The fourth-order valence-corrected chi connectivity index (χ4v) is 9.47. The lowest BCUT2D eigenvalue weighted by molar-refractivity contribution is -0.0187. The Morgan fingerprint density at radius 2 is 1.74 bits per heavy atom. The second-order valence-corrected chi connectivity index (χ2v) is 17.4. The summed E-state index contributed by atoms with van der Waals surface area (Å²) >= 11 is 6.51. The molecule has 2 amide bonds. The summed E-state index contributed by atoms with van der Waals surface area (Å²) in [4.78, 5) is 30.4. The van der Waals surface area contributed by atoms with Crippen molar-refractivity contribution in [1.82, 2.24) is 15.1 Å². The molecule has 0 spiro atoms. The molecule has 2 unspecified atom stereocenters. The van der Waals surface area contributed by atoms with Crippen molar-refractivity contribution in [3.05, 3.63) is 82.0 Å². The van der Waals surface area contributed by atoms with Crippen LogP contribution in [0.25, 0.3) is 0 Å². The van der Waals surface area contributed by atoms with Gasteiger partial charge in [0.25, 0.3) is 11.8 Å². The summed E-state index contributed by atoms with van der Waals surface area (Å²) < 4.78 is 60.9. The van der Waals surface area contributed by atoms with Gasteiger partial charge >= 0.3 is 0 Å². The van der Waals surface area contributed by atoms with Crippen LogP contribution in [0, 0.1) is 17.8 Å². The van der Waals surface area contributed by atoms with Crippen molar-refractivity contribution in [3.63, 3.8) is 0 Å². The average Bonchev–Trinajstić information content (AvgIpc) is 3.62. The Kier molecular flexibility index (Phi) is 17.4. The van der Waals surface area contributed by atoms with Crippen LogP contribution in [0.15, 0.2) is 59.1 Å². The minimum atomic E-state index is -2.78. The van der Waals surface area contributed by atoms with E-state index in [2.05, 4.69) is 25.7 Å². The zero-order chi connectivity index (χ0) is 43.3. The SMILES string of the molecule is COCCOCCOCCO[C@H]1/C=C/[C@H](OC)[C@@H]2CC[C@H]2CN2Cc3ccc(Cl)cc3CCCCOc3ccc(cc32)C(=O)/N=[SH](=O)\C(NC(=O)c2cn(C)nc2OC)[C@H]1C. The Morgan fingerprint density at radius 3 is 2.48 bits per heavy atom. The van der Waals surface area contributed by atoms with Gasteiger partial charge in [-0.25, -0.2) is 0 Å². The highest BCUT2D eigenvalue weighted by Crippen LogP contribution is 2.42. The number of nitrogens with zero attached hydrogens (tertiary/aromatic N) is 4. The zero-order valence-electron chi connectivity index (χ0n) is 35.8. The minimum absolute atomic E-state index is 0.0959. The number of nitrogens with one attached hydrogen (secondary N) is 1. The van der Waals surface area contributed by atoms with E-state index in [4.69, 9.17) is 44.8 Å². The van der Waals surface area contributed by atoms with E-state index in [-0.39, 0.29) is 48.2 Å². The van der Waals surface area contributed by atoms with Gasteiger partial charge < -0.3 is 43.4 Å². The fourth-order valence-electron chi connectivity index (χ4n) is 8.06. The Morgan fingerprint density at radius 1 is 0.967 bits per heavy atom. The maximum Gasteiger partial charge on any atom is 0.285 e. The first-order valence-electron chi connectivity index (χ1n) is 21.0. The topological polar surface area (TPSA) is 161 Å². The van der Waals surface area contributed by atoms with E-state index < -0.39 is 39.8 Å². The van der Waals surface area contributed by atoms with Gasteiger partial charge in [-0.05, 0) is 85.4 Å². The number of aromatic nitrogens is 2. The van der Waals surface area contributed by atoms with Crippen LogP contribution in [0.2, 0.25) is 5.02 Å². The molecule has 6 rings (SSSR count). The fraction of sp³-hybridized carbons (Fsp3) is 0.568. The number of rotatable bonds is 14. The maximum atomic E-state index is 14.5. The van der Waals surface area contributed by atoms with E-state index in [1.54, 1.807) is 39.5 Å². The predicted molar refractivity (Wildman–Crippen MR) is 233 cm³/mol. The number of halogens is 1. The quantitative estimate of drug-likeness (QED) is 0.116. The van der Waals surface area contributed by atoms with Gasteiger partial charge in [-0.1, -0.05) is 36.7 Å². The number of amides is 2. The normalized spacial score (nSPS) is 25.4. The van der Waals surface area contributed by atoms with Crippen molar-refractivity contribution >= 4 is 39.7 Å². The largest absolute Gasteiger partial charge is 0.491 e. The van der Waals surface area contributed by atoms with E-state index in [1.807, 2.05) is 31.2 Å². The molecule has 15 nitrogen and oxygen atoms in total. The van der Waals surface area contributed by atoms with Crippen molar-refractivity contribution in [3.8, 4) is 11.6 Å². The number of anilines is 1. The third-order valence-corrected chi connectivity index (χ3v) is 13.3. The van der Waals surface area contributed by atoms with Crippen LogP contribution < -0.4 is 19.7 Å². The number of hydrogen-bond donors (Lipinski definition) is 2. The molecule has 3 aliphatic rings. The van der Waals surface area contributed by atoms with Crippen molar-refractivity contribution in [1.29, 1.82) is 0 Å². The van der Waals surface area contributed by atoms with Gasteiger partial charge in [0.2, 0.25) is 5.88 Å². The van der Waals surface area contributed by atoms with Crippen LogP contribution in [0.5, 0.6) is 11.6 Å². The van der Waals surface area contributed by atoms with Crippen molar-refractivity contribution in [2.45, 2.75) is 63.2 Å². The molecular weight excluding hydrogens is 826 g/mol. The number of hydrogen-bond acceptors (Lipinski definition) is 12. The molecule has 3 aromatic rings. The summed E-state index contributed by atoms with van der Waals surface area (Å²) in [7, 11) is 3.62. The van der Waals surface area contributed by atoms with E-state index in [9.17, 15) is 13.8 Å². The van der Waals surface area contributed by atoms with Gasteiger partial charge in [0.05, 0.1) is 81.8 Å². The predicted octanol–water partition coefficient (Wildman–Crippen LogP) is 5.68. The Hall–Kier alpha value is -4.03. The number of aryl methyl sites for hydroxylation is 2. The molecule has 3 heterocycles. The summed E-state index contributed by atoms with van der Waals surface area (Å²) in [5, 5.41) is 6.66. The number of fused-ring (bicyclic) bond motifs is 3. The number of carbonyl (C=O) groups is 2. The first-order valence-corrected chi connectivity index (χ1v) is 22.6. The highest BCUT2D eigenvalue weighted by Gasteiger charge is 2.39. The van der Waals surface area contributed by atoms with Gasteiger partial charge in [0.1, 0.15) is 16.7 Å². The smallest absolute Gasteiger partial charge is 0.285 e. The van der Waals surface area contributed by atoms with E-state index in [1.165, 1.54) is 23.6 Å². The third-order valence-electron chi connectivity index (χ3n) is 11.6. The molecular formula is C44H60ClN5O10S. The van der Waals surface area contributed by atoms with Gasteiger partial charge in [0, 0.05) is 57.1 Å². The number of carbonyl (C=O) groups excluding carboxylic acids is 2. The van der Waals surface area contributed by atoms with Crippen molar-refractivity contribution < 1.29 is 47.0 Å². The van der Waals surface area contributed by atoms with Crippen LogP contribution >= 0.6 is 11.6 Å². The Bertz CT molecular complexity index is 2060. The zero-order valence-corrected chi connectivity index (χ0v) is 37.4. The molecule has 334 valence electrons. The lowest BCUT2D eigenvalue weighted by Crippen LogP contribution is -2.45. The van der Waals surface area contributed by atoms with Gasteiger partial charge in [-0.2, -0.15) is 4.36 Å². The number of methoxy groups -OCH3 is 3. The van der Waals surface area contributed by atoms with Gasteiger partial charge in [0.15, 0.2) is 0 Å². The number of thiol groups is 1. The molecule has 1 N–H and O–H groups in total. The maximum absolute atomic E-state index is 14.5. The summed E-state index contributed by atoms with van der Waals surface area (Å²) in [5.74, 6) is -0.765. The summed E-state index contributed by atoms with van der Waals surface area (Å²) in [6.07, 6.45) is 9.03. The molecule has 0 radical (unpaired) electrons. The third kappa shape index (κ3) is 12.3. The summed E-state index contributed by atoms with van der Waals surface area (Å²) in [5.41, 5.74) is 3.47. The monoisotopic (exact) mass is 885 g/mol. The standard InChI is InChI=1S/C44H60ClN5O10S/c1-29-38(60-23-22-58-21-20-57-19-18-54-3)15-16-39(55-4)35-13-10-33(35)27-50-26-32-9-12-34(45)24-30(32)8-6-7-17-59-40-14-11-31(25-37(40)50)41(51)48-61(53)44(29)46-42(52)36-28-49(2)47-43(36)56-5/h9,11-12,14-16,24-25,28-29,33,35,38-39,44,61H,6-8,10,13,17-23,26-27H2,1-5H3,(H,46,52)/b16-15+/t29-,33-,35+,38-,39-,44?/m0/s1. The molecule has 2 aromatic carbocycles. The molecule has 61 heavy (non-hydrogen) atoms. The lowest BCUT2D eigenvalue weighted by atomic mass is 9.70. The molecule has 1 aromatic heterocycles. The molecule has 17 heteroatoms. The molecule has 7 atom stereocenters. The van der Waals surface area contributed by atoms with E-state index in [0.29, 0.717) is 56.9 Å². The van der Waals surface area contributed by atoms with Crippen LogP contribution in [0.1, 0.15) is 64.4 Å². The number of benzene rings is 2. The van der Waals surface area contributed by atoms with E-state index in [0.717, 1.165) is 43.4 Å². The molecule has 2 bridgehead atoms. The average molecular weight is 887 g/mol. The summed E-state index contributed by atoms with van der Waals surface area (Å²) in [6.45, 7) is 5.72. The van der Waals surface area contributed by atoms with Crippen LogP contribution in [0.3, 0.4) is 0 Å². The second kappa shape index (κ2) is 22.9. The van der Waals surface area contributed by atoms with E-state index >= 15 is 0 Å². The number of ether oxygens (including phenoxy) is 7. The van der Waals surface area contributed by atoms with Gasteiger partial charge in [-0.3, -0.25) is 18.5 Å². The van der Waals surface area contributed by atoms with Crippen LogP contribution in [-0.2, 0) is 54.3 Å². The minimum Gasteiger partial charge on any atom is -0.491 e. The molecule has 1 fully saturated rings. The molecule has 0 saturated heterocycles. The molecule has 2 aliphatic heterocycles. The van der Waals surface area contributed by atoms with Crippen molar-refractivity contribution in [2.75, 3.05) is 79.0 Å². The highest BCUT2D eigenvalue weighted by atomic mass is 35.5.